The van der Waals surface area contributed by atoms with Gasteiger partial charge >= 0.3 is 0 Å². The first-order valence-electron chi connectivity index (χ1n) is 7.49. The van der Waals surface area contributed by atoms with Crippen LogP contribution in [0.15, 0.2) is 11.4 Å². The van der Waals surface area contributed by atoms with Gasteiger partial charge in [0, 0.05) is 12.5 Å². The summed E-state index contributed by atoms with van der Waals surface area (Å²) in [5.41, 5.74) is 0. The Morgan fingerprint density at radius 1 is 1.40 bits per heavy atom. The number of hydrogen-bond donors (Lipinski definition) is 1. The summed E-state index contributed by atoms with van der Waals surface area (Å²) in [5.74, 6) is 2.36. The third-order valence-corrected chi connectivity index (χ3v) is 5.13. The molecule has 2 aliphatic rings. The van der Waals surface area contributed by atoms with Crippen LogP contribution < -0.4 is 5.32 Å². The lowest BCUT2D eigenvalue weighted by molar-refractivity contribution is 0.0999. The topological polar surface area (TPSA) is 47.0 Å². The van der Waals surface area contributed by atoms with Gasteiger partial charge in [-0.2, -0.15) is 0 Å². The monoisotopic (exact) mass is 289 g/mol. The molecular formula is C15H19N3OS. The molecular weight excluding hydrogens is 270 g/mol. The highest BCUT2D eigenvalue weighted by atomic mass is 32.1. The van der Waals surface area contributed by atoms with Crippen LogP contribution >= 0.6 is 11.3 Å². The van der Waals surface area contributed by atoms with Gasteiger partial charge in [0.2, 0.25) is 0 Å². The van der Waals surface area contributed by atoms with E-state index in [-0.39, 0.29) is 0 Å². The average Bonchev–Trinajstić information content (AvgIpc) is 3.19. The summed E-state index contributed by atoms with van der Waals surface area (Å²) in [4.78, 5) is 10.7. The minimum Gasteiger partial charge on any atom is -0.374 e. The maximum atomic E-state index is 5.96. The van der Waals surface area contributed by atoms with Crippen LogP contribution in [0.5, 0.6) is 0 Å². The maximum Gasteiger partial charge on any atom is 0.138 e. The molecule has 4 nitrogen and oxygen atoms in total. The van der Waals surface area contributed by atoms with Crippen molar-refractivity contribution in [1.29, 1.82) is 0 Å². The molecule has 4 rings (SSSR count). The van der Waals surface area contributed by atoms with Crippen molar-refractivity contribution in [1.82, 2.24) is 9.97 Å². The lowest BCUT2D eigenvalue weighted by Crippen LogP contribution is -2.18. The first-order valence-corrected chi connectivity index (χ1v) is 8.37. The van der Waals surface area contributed by atoms with Crippen molar-refractivity contribution < 1.29 is 4.74 Å². The number of aromatic nitrogens is 2. The number of ether oxygens (including phenoxy) is 1. The van der Waals surface area contributed by atoms with Gasteiger partial charge in [-0.3, -0.25) is 0 Å². The predicted molar refractivity (Wildman–Crippen MR) is 81.4 cm³/mol. The van der Waals surface area contributed by atoms with Crippen molar-refractivity contribution in [2.75, 3.05) is 11.9 Å². The second kappa shape index (κ2) is 4.97. The Kier molecular flexibility index (Phi) is 3.11. The minimum atomic E-state index is 0.344. The molecule has 3 atom stereocenters. The molecule has 0 aliphatic carbocycles. The Bertz CT molecular complexity index is 627. The summed E-state index contributed by atoms with van der Waals surface area (Å²) in [5, 5.41) is 6.69. The van der Waals surface area contributed by atoms with E-state index >= 15 is 0 Å². The van der Waals surface area contributed by atoms with Gasteiger partial charge in [0.25, 0.3) is 0 Å². The van der Waals surface area contributed by atoms with Gasteiger partial charge < -0.3 is 10.1 Å². The molecule has 3 unspecified atom stereocenters. The molecule has 2 bridgehead atoms. The molecule has 5 heteroatoms. The Morgan fingerprint density at radius 3 is 3.10 bits per heavy atom. The fourth-order valence-corrected chi connectivity index (χ4v) is 4.10. The van der Waals surface area contributed by atoms with Crippen LogP contribution in [0.25, 0.3) is 10.2 Å². The standard InChI is InChI=1S/C15H19N3OS/c1-2-6-16-13-10-5-7-20-15(10)18-14(17-13)11-8-9-3-4-12(11)19-9/h5,7,9,11-12H,2-4,6,8H2,1H3,(H,16,17,18). The van der Waals surface area contributed by atoms with E-state index in [9.17, 15) is 0 Å². The van der Waals surface area contributed by atoms with Crippen molar-refractivity contribution in [3.63, 3.8) is 0 Å². The summed E-state index contributed by atoms with van der Waals surface area (Å²) >= 11 is 1.70. The molecule has 2 aromatic heterocycles. The average molecular weight is 289 g/mol. The first-order chi connectivity index (χ1) is 9.85. The molecule has 0 amide bonds. The van der Waals surface area contributed by atoms with Crippen LogP contribution in [0.1, 0.15) is 44.3 Å². The SMILES string of the molecule is CCCNc1nc(C2CC3CCC2O3)nc2sccc12. The molecule has 2 aliphatic heterocycles. The van der Waals surface area contributed by atoms with Crippen molar-refractivity contribution in [2.45, 2.75) is 50.7 Å². The van der Waals surface area contributed by atoms with Gasteiger partial charge in [-0.25, -0.2) is 9.97 Å². The number of fused-ring (bicyclic) bond motifs is 3. The lowest BCUT2D eigenvalue weighted by Gasteiger charge is -2.18. The molecule has 0 spiro atoms. The molecule has 20 heavy (non-hydrogen) atoms. The zero-order chi connectivity index (χ0) is 13.5. The van der Waals surface area contributed by atoms with E-state index in [2.05, 4.69) is 23.7 Å². The van der Waals surface area contributed by atoms with Gasteiger partial charge in [0.1, 0.15) is 16.5 Å². The van der Waals surface area contributed by atoms with Crippen LogP contribution in [-0.4, -0.2) is 28.7 Å². The second-order valence-corrected chi connectivity index (χ2v) is 6.61. The van der Waals surface area contributed by atoms with Gasteiger partial charge in [0.05, 0.1) is 17.6 Å². The van der Waals surface area contributed by atoms with Crippen LogP contribution in [0, 0.1) is 0 Å². The smallest absolute Gasteiger partial charge is 0.138 e. The van der Waals surface area contributed by atoms with Gasteiger partial charge in [-0.1, -0.05) is 6.92 Å². The van der Waals surface area contributed by atoms with Gasteiger partial charge in [0.15, 0.2) is 0 Å². The van der Waals surface area contributed by atoms with E-state index < -0.39 is 0 Å². The fraction of sp³-hybridized carbons (Fsp3) is 0.600. The van der Waals surface area contributed by atoms with E-state index in [1.807, 2.05) is 0 Å². The number of rotatable bonds is 4. The third kappa shape index (κ3) is 2.00. The fourth-order valence-electron chi connectivity index (χ4n) is 3.33. The summed E-state index contributed by atoms with van der Waals surface area (Å²) in [6.07, 6.45) is 5.36. The van der Waals surface area contributed by atoms with E-state index in [4.69, 9.17) is 14.7 Å². The molecule has 2 saturated heterocycles. The molecule has 106 valence electrons. The molecule has 0 radical (unpaired) electrons. The third-order valence-electron chi connectivity index (χ3n) is 4.32. The zero-order valence-electron chi connectivity index (χ0n) is 11.6. The normalized spacial score (nSPS) is 28.4. The Hall–Kier alpha value is -1.20. The number of anilines is 1. The highest BCUT2D eigenvalue weighted by molar-refractivity contribution is 7.16. The molecule has 2 fully saturated rings. The molecule has 2 aromatic rings. The number of nitrogens with zero attached hydrogens (tertiary/aromatic N) is 2. The molecule has 0 saturated carbocycles. The number of thiophene rings is 1. The van der Waals surface area contributed by atoms with Crippen molar-refractivity contribution >= 4 is 27.4 Å². The summed E-state index contributed by atoms with van der Waals surface area (Å²) in [7, 11) is 0. The summed E-state index contributed by atoms with van der Waals surface area (Å²) in [6.45, 7) is 3.12. The second-order valence-electron chi connectivity index (χ2n) is 5.71. The van der Waals surface area contributed by atoms with Crippen LogP contribution in [-0.2, 0) is 4.74 Å². The highest BCUT2D eigenvalue weighted by Gasteiger charge is 2.43. The quantitative estimate of drug-likeness (QED) is 0.935. The molecule has 4 heterocycles. The minimum absolute atomic E-state index is 0.344. The van der Waals surface area contributed by atoms with Gasteiger partial charge in [-0.15, -0.1) is 11.3 Å². The van der Waals surface area contributed by atoms with E-state index in [0.717, 1.165) is 41.2 Å². The van der Waals surface area contributed by atoms with Crippen LogP contribution in [0.2, 0.25) is 0 Å². The van der Waals surface area contributed by atoms with E-state index in [1.54, 1.807) is 11.3 Å². The van der Waals surface area contributed by atoms with Crippen molar-refractivity contribution in [2.24, 2.45) is 0 Å². The maximum absolute atomic E-state index is 5.96. The van der Waals surface area contributed by atoms with E-state index in [1.165, 1.54) is 12.8 Å². The lowest BCUT2D eigenvalue weighted by atomic mass is 9.88. The molecule has 1 N–H and O–H groups in total. The zero-order valence-corrected chi connectivity index (χ0v) is 12.4. The van der Waals surface area contributed by atoms with Gasteiger partial charge in [-0.05, 0) is 37.1 Å². The predicted octanol–water partition coefficient (Wildman–Crippen LogP) is 3.55. The highest BCUT2D eigenvalue weighted by Crippen LogP contribution is 2.44. The van der Waals surface area contributed by atoms with Crippen LogP contribution in [0.4, 0.5) is 5.82 Å². The Balaban J connectivity index is 1.72. The summed E-state index contributed by atoms with van der Waals surface area (Å²) in [6, 6.07) is 2.11. The number of nitrogens with one attached hydrogen (secondary N) is 1. The first kappa shape index (κ1) is 12.5. The van der Waals surface area contributed by atoms with E-state index in [0.29, 0.717) is 18.1 Å². The van der Waals surface area contributed by atoms with Crippen LogP contribution in [0.3, 0.4) is 0 Å². The molecule has 0 aromatic carbocycles. The van der Waals surface area contributed by atoms with Crippen molar-refractivity contribution in [3.05, 3.63) is 17.3 Å². The largest absolute Gasteiger partial charge is 0.374 e. The Labute approximate surface area is 122 Å². The Morgan fingerprint density at radius 2 is 2.35 bits per heavy atom. The number of hydrogen-bond acceptors (Lipinski definition) is 5. The summed E-state index contributed by atoms with van der Waals surface area (Å²) < 4.78 is 5.96. The van der Waals surface area contributed by atoms with Crippen molar-refractivity contribution in [3.8, 4) is 0 Å².